The van der Waals surface area contributed by atoms with Gasteiger partial charge in [-0.15, -0.1) is 0 Å². The van der Waals surface area contributed by atoms with Gasteiger partial charge >= 0.3 is 5.69 Å². The smallest absolute Gasteiger partial charge is 0.326 e. The summed E-state index contributed by atoms with van der Waals surface area (Å²) in [7, 11) is 0. The van der Waals surface area contributed by atoms with E-state index in [4.69, 9.17) is 9.47 Å². The summed E-state index contributed by atoms with van der Waals surface area (Å²) in [6.07, 6.45) is 3.38. The molecule has 0 aliphatic carbocycles. The van der Waals surface area contributed by atoms with Crippen LogP contribution in [-0.4, -0.2) is 44.8 Å². The summed E-state index contributed by atoms with van der Waals surface area (Å²) in [6.45, 7) is 1.43. The summed E-state index contributed by atoms with van der Waals surface area (Å²) in [5.41, 5.74) is 4.59. The maximum absolute atomic E-state index is 13.6. The molecule has 2 aromatic heterocycles. The van der Waals surface area contributed by atoms with Crippen LogP contribution >= 0.6 is 11.3 Å². The van der Waals surface area contributed by atoms with Crippen LogP contribution in [0.5, 0.6) is 0 Å². The fourth-order valence-corrected chi connectivity index (χ4v) is 6.20. The number of likely N-dealkylation sites (tertiary alicyclic amines) is 1. The second kappa shape index (κ2) is 11.2. The molecule has 2 aliphatic rings. The number of benzene rings is 2. The minimum absolute atomic E-state index is 0.00122. The molecule has 2 aromatic carbocycles. The predicted molar refractivity (Wildman–Crippen MR) is 149 cm³/mol. The first-order valence-corrected chi connectivity index (χ1v) is 14.2. The van der Waals surface area contributed by atoms with Crippen LogP contribution in [0, 0.1) is 0 Å². The Balaban J connectivity index is 1.14. The third-order valence-corrected chi connectivity index (χ3v) is 8.32. The topological polar surface area (TPSA) is 96.8 Å². The van der Waals surface area contributed by atoms with Crippen molar-refractivity contribution in [2.75, 3.05) is 13.1 Å². The first-order valence-electron chi connectivity index (χ1n) is 13.3. The number of ether oxygens (including phenoxy) is 2. The zero-order valence-corrected chi connectivity index (χ0v) is 22.3. The Morgan fingerprint density at radius 2 is 1.85 bits per heavy atom. The van der Waals surface area contributed by atoms with Crippen molar-refractivity contribution in [2.24, 2.45) is 0 Å². The number of piperidine rings is 1. The van der Waals surface area contributed by atoms with Gasteiger partial charge in [-0.25, -0.2) is 4.79 Å². The molecule has 202 valence electrons. The highest BCUT2D eigenvalue weighted by Gasteiger charge is 2.33. The normalized spacial score (nSPS) is 20.1. The number of aromatic amines is 1. The molecule has 1 saturated heterocycles. The molecule has 2 atom stereocenters. The summed E-state index contributed by atoms with van der Waals surface area (Å²) in [5.74, 6) is 0.203. The van der Waals surface area contributed by atoms with Crippen LogP contribution in [0.1, 0.15) is 47.9 Å². The van der Waals surface area contributed by atoms with Crippen molar-refractivity contribution in [3.8, 4) is 0 Å². The number of aliphatic hydroxyl groups is 1. The molecule has 0 bridgehead atoms. The number of H-pyrrole nitrogens is 1. The lowest BCUT2D eigenvalue weighted by molar-refractivity contribution is -0.156. The first kappa shape index (κ1) is 25.6. The standard InChI is InChI=1S/C30H31N3O5S/c34-17-20-5-7-21(8-6-20)18-37-28-16-23(22-11-14-39-19-22)15-27(38-28)29(35)32-12-9-24(10-13-32)33-26-4-2-1-3-25(26)31-30(33)36/h1-8,11,14-15,19,23-24,28,34H,9-10,12-13,16-18H2,(H,31,36)/t23-,28+/m1/s1. The number of carbonyl (C=O) groups excluding carboxylic acids is 1. The Kier molecular flexibility index (Phi) is 7.36. The molecule has 4 heterocycles. The van der Waals surface area contributed by atoms with Gasteiger partial charge < -0.3 is 24.5 Å². The molecule has 1 amide bonds. The van der Waals surface area contributed by atoms with E-state index in [0.717, 1.165) is 27.7 Å². The van der Waals surface area contributed by atoms with E-state index in [9.17, 15) is 14.7 Å². The Labute approximate surface area is 230 Å². The van der Waals surface area contributed by atoms with Gasteiger partial charge in [-0.2, -0.15) is 11.3 Å². The SMILES string of the molecule is O=C(C1=C[C@@H](c2ccsc2)C[C@@H](OCc2ccc(CO)cc2)O1)N1CCC(n2c(=O)[nH]c3ccccc32)CC1. The molecule has 1 fully saturated rings. The molecule has 0 radical (unpaired) electrons. The zero-order valence-electron chi connectivity index (χ0n) is 21.5. The minimum Gasteiger partial charge on any atom is -0.459 e. The Bertz CT molecular complexity index is 1510. The van der Waals surface area contributed by atoms with Crippen molar-refractivity contribution < 1.29 is 19.4 Å². The van der Waals surface area contributed by atoms with Gasteiger partial charge in [0.1, 0.15) is 0 Å². The lowest BCUT2D eigenvalue weighted by Gasteiger charge is -2.35. The number of nitrogens with one attached hydrogen (secondary N) is 1. The lowest BCUT2D eigenvalue weighted by atomic mass is 9.95. The Morgan fingerprint density at radius 3 is 2.59 bits per heavy atom. The molecule has 2 N–H and O–H groups in total. The number of fused-ring (bicyclic) bond motifs is 1. The molecule has 2 aliphatic heterocycles. The highest BCUT2D eigenvalue weighted by molar-refractivity contribution is 7.08. The minimum atomic E-state index is -0.557. The van der Waals surface area contributed by atoms with Gasteiger partial charge in [-0.3, -0.25) is 9.36 Å². The summed E-state index contributed by atoms with van der Waals surface area (Å²) < 4.78 is 14.1. The van der Waals surface area contributed by atoms with Gasteiger partial charge in [-0.05, 0) is 64.6 Å². The summed E-state index contributed by atoms with van der Waals surface area (Å²) >= 11 is 1.63. The van der Waals surface area contributed by atoms with Gasteiger partial charge in [-0.1, -0.05) is 36.4 Å². The molecular weight excluding hydrogens is 514 g/mol. The number of hydrogen-bond acceptors (Lipinski definition) is 6. The number of thiophene rings is 1. The number of allylic oxidation sites excluding steroid dienone is 1. The highest BCUT2D eigenvalue weighted by atomic mass is 32.1. The number of amides is 1. The van der Waals surface area contributed by atoms with Crippen LogP contribution in [-0.2, 0) is 27.5 Å². The van der Waals surface area contributed by atoms with Crippen LogP contribution in [0.4, 0.5) is 0 Å². The highest BCUT2D eigenvalue weighted by Crippen LogP contribution is 2.34. The molecule has 0 spiro atoms. The predicted octanol–water partition coefficient (Wildman–Crippen LogP) is 4.68. The number of para-hydroxylation sites is 2. The molecule has 0 saturated carbocycles. The number of imidazole rings is 1. The van der Waals surface area contributed by atoms with Gasteiger partial charge in [0.25, 0.3) is 5.91 Å². The summed E-state index contributed by atoms with van der Waals surface area (Å²) in [6, 6.07) is 17.4. The molecule has 8 nitrogen and oxygen atoms in total. The van der Waals surface area contributed by atoms with Crippen LogP contribution in [0.15, 0.2) is 82.0 Å². The van der Waals surface area contributed by atoms with E-state index in [1.807, 2.05) is 69.5 Å². The van der Waals surface area contributed by atoms with E-state index >= 15 is 0 Å². The third-order valence-electron chi connectivity index (χ3n) is 7.62. The van der Waals surface area contributed by atoms with E-state index in [0.29, 0.717) is 44.7 Å². The summed E-state index contributed by atoms with van der Waals surface area (Å²) in [5, 5.41) is 13.4. The average molecular weight is 546 g/mol. The number of carbonyl (C=O) groups is 1. The zero-order chi connectivity index (χ0) is 26.8. The van der Waals surface area contributed by atoms with E-state index in [1.165, 1.54) is 0 Å². The van der Waals surface area contributed by atoms with E-state index in [1.54, 1.807) is 11.3 Å². The second-order valence-electron chi connectivity index (χ2n) is 10.1. The van der Waals surface area contributed by atoms with Crippen molar-refractivity contribution in [3.05, 3.63) is 104 Å². The van der Waals surface area contributed by atoms with Gasteiger partial charge in [0.05, 0.1) is 24.2 Å². The van der Waals surface area contributed by atoms with Crippen molar-refractivity contribution >= 4 is 28.3 Å². The first-order chi connectivity index (χ1) is 19.1. The van der Waals surface area contributed by atoms with Crippen LogP contribution < -0.4 is 5.69 Å². The monoisotopic (exact) mass is 545 g/mol. The Hall–Kier alpha value is -3.66. The van der Waals surface area contributed by atoms with Gasteiger partial charge in [0.15, 0.2) is 5.76 Å². The molecule has 0 unspecified atom stereocenters. The number of nitrogens with zero attached hydrogens (tertiary/aromatic N) is 2. The molecule has 6 rings (SSSR count). The van der Waals surface area contributed by atoms with Crippen LogP contribution in [0.25, 0.3) is 11.0 Å². The number of aliphatic hydroxyl groups excluding tert-OH is 1. The maximum Gasteiger partial charge on any atom is 0.326 e. The number of hydrogen-bond donors (Lipinski definition) is 2. The van der Waals surface area contributed by atoms with Crippen molar-refractivity contribution in [3.63, 3.8) is 0 Å². The largest absolute Gasteiger partial charge is 0.459 e. The summed E-state index contributed by atoms with van der Waals surface area (Å²) in [4.78, 5) is 31.0. The average Bonchev–Trinajstić information content (AvgIpc) is 3.64. The fourth-order valence-electron chi connectivity index (χ4n) is 5.48. The molecular formula is C30H31N3O5S. The van der Waals surface area contributed by atoms with E-state index < -0.39 is 6.29 Å². The van der Waals surface area contributed by atoms with Crippen molar-refractivity contribution in [2.45, 2.75) is 50.7 Å². The van der Waals surface area contributed by atoms with E-state index in [-0.39, 0.29) is 30.2 Å². The Morgan fingerprint density at radius 1 is 1.08 bits per heavy atom. The van der Waals surface area contributed by atoms with Crippen molar-refractivity contribution in [1.29, 1.82) is 0 Å². The number of rotatable bonds is 7. The van der Waals surface area contributed by atoms with Gasteiger partial charge in [0.2, 0.25) is 6.29 Å². The van der Waals surface area contributed by atoms with E-state index in [2.05, 4.69) is 16.4 Å². The fraction of sp³-hybridized carbons (Fsp3) is 0.333. The van der Waals surface area contributed by atoms with Crippen LogP contribution in [0.3, 0.4) is 0 Å². The van der Waals surface area contributed by atoms with Crippen LogP contribution in [0.2, 0.25) is 0 Å². The second-order valence-corrected chi connectivity index (χ2v) is 10.9. The maximum atomic E-state index is 13.6. The van der Waals surface area contributed by atoms with Crippen molar-refractivity contribution in [1.82, 2.24) is 14.5 Å². The number of aromatic nitrogens is 2. The lowest BCUT2D eigenvalue weighted by Crippen LogP contribution is -2.42. The van der Waals surface area contributed by atoms with Gasteiger partial charge in [0, 0.05) is 31.5 Å². The molecule has 9 heteroatoms. The quantitative estimate of drug-likeness (QED) is 0.352. The molecule has 4 aromatic rings. The molecule has 39 heavy (non-hydrogen) atoms. The third kappa shape index (κ3) is 5.43.